The summed E-state index contributed by atoms with van der Waals surface area (Å²) in [5.41, 5.74) is 1.07. The number of nitrogens with zero attached hydrogens (tertiary/aromatic N) is 2. The Morgan fingerprint density at radius 2 is 1.92 bits per heavy atom. The van der Waals surface area contributed by atoms with Crippen molar-refractivity contribution in [1.82, 2.24) is 4.98 Å². The summed E-state index contributed by atoms with van der Waals surface area (Å²) in [6.07, 6.45) is 2.05. The summed E-state index contributed by atoms with van der Waals surface area (Å²) in [6.45, 7) is 7.36. The molecule has 7 heteroatoms. The third kappa shape index (κ3) is 5.54. The summed E-state index contributed by atoms with van der Waals surface area (Å²) in [6, 6.07) is 10.3. The average Bonchev–Trinajstić information content (AvgIpc) is 2.55. The number of nitro groups is 1. The number of carbonyl (C=O) groups excluding carboxylic acids is 1. The second-order valence-corrected chi connectivity index (χ2v) is 7.09. The largest absolute Gasteiger partial charge is 0.460 e. The molecule has 26 heavy (non-hydrogen) atoms. The van der Waals surface area contributed by atoms with Crippen molar-refractivity contribution in [3.8, 4) is 0 Å². The monoisotopic (exact) mass is 357 g/mol. The van der Waals surface area contributed by atoms with Crippen LogP contribution in [-0.2, 0) is 16.0 Å². The van der Waals surface area contributed by atoms with Crippen LogP contribution < -0.4 is 5.32 Å². The molecule has 0 amide bonds. The van der Waals surface area contributed by atoms with Crippen molar-refractivity contribution in [1.29, 1.82) is 0 Å². The summed E-state index contributed by atoms with van der Waals surface area (Å²) in [5.74, 6) is -0.305. The summed E-state index contributed by atoms with van der Waals surface area (Å²) in [5, 5.41) is 14.0. The molecular weight excluding hydrogens is 334 g/mol. The first-order chi connectivity index (χ1) is 12.2. The molecule has 138 valence electrons. The second-order valence-electron chi connectivity index (χ2n) is 7.09. The van der Waals surface area contributed by atoms with E-state index in [-0.39, 0.29) is 23.4 Å². The van der Waals surface area contributed by atoms with Gasteiger partial charge in [0, 0.05) is 18.0 Å². The van der Waals surface area contributed by atoms with Gasteiger partial charge in [-0.1, -0.05) is 19.1 Å². The van der Waals surface area contributed by atoms with Crippen LogP contribution in [0.1, 0.15) is 33.3 Å². The van der Waals surface area contributed by atoms with Crippen LogP contribution in [0.15, 0.2) is 42.6 Å². The molecule has 7 nitrogen and oxygen atoms in total. The van der Waals surface area contributed by atoms with Crippen molar-refractivity contribution >= 4 is 23.2 Å². The number of anilines is 2. The van der Waals surface area contributed by atoms with E-state index >= 15 is 0 Å². The molecular formula is C19H23N3O4. The molecule has 0 unspecified atom stereocenters. The molecule has 0 bridgehead atoms. The highest BCUT2D eigenvalue weighted by Gasteiger charge is 2.22. The number of hydrogen-bond donors (Lipinski definition) is 1. The first-order valence-electron chi connectivity index (χ1n) is 8.34. The number of rotatable bonds is 6. The molecule has 0 saturated heterocycles. The Bertz CT molecular complexity index is 782. The van der Waals surface area contributed by atoms with Crippen LogP contribution in [0.2, 0.25) is 0 Å². The van der Waals surface area contributed by atoms with E-state index in [4.69, 9.17) is 4.74 Å². The molecule has 2 aromatic rings. The molecule has 0 radical (unpaired) electrons. The molecule has 1 aromatic heterocycles. The van der Waals surface area contributed by atoms with Gasteiger partial charge < -0.3 is 10.1 Å². The summed E-state index contributed by atoms with van der Waals surface area (Å²) < 4.78 is 5.39. The van der Waals surface area contributed by atoms with Crippen LogP contribution >= 0.6 is 0 Å². The van der Waals surface area contributed by atoms with E-state index in [0.29, 0.717) is 12.1 Å². The van der Waals surface area contributed by atoms with E-state index in [1.165, 1.54) is 18.3 Å². The molecule has 0 fully saturated rings. The van der Waals surface area contributed by atoms with Gasteiger partial charge in [0.15, 0.2) is 0 Å². The summed E-state index contributed by atoms with van der Waals surface area (Å²) >= 11 is 0. The van der Waals surface area contributed by atoms with E-state index < -0.39 is 10.5 Å². The van der Waals surface area contributed by atoms with Crippen molar-refractivity contribution in [2.24, 2.45) is 5.92 Å². The third-order valence-corrected chi connectivity index (χ3v) is 3.55. The Labute approximate surface area is 152 Å². The van der Waals surface area contributed by atoms with Gasteiger partial charge >= 0.3 is 11.7 Å². The Balaban J connectivity index is 2.03. The minimum Gasteiger partial charge on any atom is -0.460 e. The maximum absolute atomic E-state index is 12.1. The number of hydrogen-bond acceptors (Lipinski definition) is 6. The maximum atomic E-state index is 12.1. The van der Waals surface area contributed by atoms with Gasteiger partial charge in [-0.25, -0.2) is 4.98 Å². The van der Waals surface area contributed by atoms with Gasteiger partial charge in [0.25, 0.3) is 0 Å². The van der Waals surface area contributed by atoms with Gasteiger partial charge in [-0.15, -0.1) is 0 Å². The standard InChI is InChI=1S/C19H23N3O4/c1-13(18(23)26-19(2,3)4)12-14-7-9-15(10-8-14)21-17-16(22(24)25)6-5-11-20-17/h5-11,13H,12H2,1-4H3,(H,20,21)/t13-/m0/s1. The lowest BCUT2D eigenvalue weighted by Gasteiger charge is -2.22. The smallest absolute Gasteiger partial charge is 0.311 e. The number of esters is 1. The molecule has 0 aliphatic rings. The van der Waals surface area contributed by atoms with Gasteiger partial charge in [-0.05, 0) is 51.0 Å². The number of aromatic nitrogens is 1. The summed E-state index contributed by atoms with van der Waals surface area (Å²) in [4.78, 5) is 26.6. The van der Waals surface area contributed by atoms with E-state index in [9.17, 15) is 14.9 Å². The molecule has 0 saturated carbocycles. The SMILES string of the molecule is C[C@@H](Cc1ccc(Nc2ncccc2[N+](=O)[O-])cc1)C(=O)OC(C)(C)C. The Hall–Kier alpha value is -2.96. The lowest BCUT2D eigenvalue weighted by Crippen LogP contribution is -2.28. The highest BCUT2D eigenvalue weighted by atomic mass is 16.6. The molecule has 1 heterocycles. The van der Waals surface area contributed by atoms with E-state index in [1.54, 1.807) is 12.1 Å². The van der Waals surface area contributed by atoms with Crippen molar-refractivity contribution in [3.05, 3.63) is 58.3 Å². The molecule has 1 N–H and O–H groups in total. The van der Waals surface area contributed by atoms with Gasteiger partial charge in [0.2, 0.25) is 5.82 Å². The number of nitrogens with one attached hydrogen (secondary N) is 1. The van der Waals surface area contributed by atoms with Gasteiger partial charge in [-0.3, -0.25) is 14.9 Å². The molecule has 0 aliphatic carbocycles. The number of benzene rings is 1. The molecule has 2 rings (SSSR count). The first kappa shape index (κ1) is 19.4. The Morgan fingerprint density at radius 3 is 2.50 bits per heavy atom. The van der Waals surface area contributed by atoms with Crippen LogP contribution in [0.4, 0.5) is 17.2 Å². The normalized spacial score (nSPS) is 12.3. The van der Waals surface area contributed by atoms with Gasteiger partial charge in [-0.2, -0.15) is 0 Å². The zero-order chi connectivity index (χ0) is 19.3. The number of carbonyl (C=O) groups is 1. The van der Waals surface area contributed by atoms with Crippen LogP contribution in [-0.4, -0.2) is 21.5 Å². The van der Waals surface area contributed by atoms with Crippen LogP contribution in [0, 0.1) is 16.0 Å². The van der Waals surface area contributed by atoms with E-state index in [0.717, 1.165) is 5.56 Å². The zero-order valence-electron chi connectivity index (χ0n) is 15.4. The van der Waals surface area contributed by atoms with Crippen LogP contribution in [0.25, 0.3) is 0 Å². The van der Waals surface area contributed by atoms with Gasteiger partial charge in [0.1, 0.15) is 5.60 Å². The lowest BCUT2D eigenvalue weighted by molar-refractivity contribution is -0.384. The topological polar surface area (TPSA) is 94.4 Å². The fourth-order valence-electron chi connectivity index (χ4n) is 2.34. The molecule has 1 atom stereocenters. The highest BCUT2D eigenvalue weighted by molar-refractivity contribution is 5.73. The minimum atomic E-state index is -0.503. The van der Waals surface area contributed by atoms with Crippen LogP contribution in [0.5, 0.6) is 0 Å². The van der Waals surface area contributed by atoms with E-state index in [2.05, 4.69) is 10.3 Å². The van der Waals surface area contributed by atoms with Crippen molar-refractivity contribution in [3.63, 3.8) is 0 Å². The molecule has 1 aromatic carbocycles. The zero-order valence-corrected chi connectivity index (χ0v) is 15.4. The highest BCUT2D eigenvalue weighted by Crippen LogP contribution is 2.25. The van der Waals surface area contributed by atoms with E-state index in [1.807, 2.05) is 39.8 Å². The van der Waals surface area contributed by atoms with Crippen molar-refractivity contribution in [2.75, 3.05) is 5.32 Å². The summed E-state index contributed by atoms with van der Waals surface area (Å²) in [7, 11) is 0. The van der Waals surface area contributed by atoms with Crippen LogP contribution in [0.3, 0.4) is 0 Å². The first-order valence-corrected chi connectivity index (χ1v) is 8.34. The average molecular weight is 357 g/mol. The quantitative estimate of drug-likeness (QED) is 0.472. The lowest BCUT2D eigenvalue weighted by atomic mass is 10.0. The van der Waals surface area contributed by atoms with Crippen molar-refractivity contribution < 1.29 is 14.5 Å². The number of pyridine rings is 1. The van der Waals surface area contributed by atoms with Gasteiger partial charge in [0.05, 0.1) is 10.8 Å². The second kappa shape index (κ2) is 7.95. The molecule has 0 spiro atoms. The predicted molar refractivity (Wildman–Crippen MR) is 99.3 cm³/mol. The fourth-order valence-corrected chi connectivity index (χ4v) is 2.34. The number of ether oxygens (including phenoxy) is 1. The molecule has 0 aliphatic heterocycles. The third-order valence-electron chi connectivity index (χ3n) is 3.55. The van der Waals surface area contributed by atoms with Crippen molar-refractivity contribution in [2.45, 2.75) is 39.7 Å². The predicted octanol–water partition coefficient (Wildman–Crippen LogP) is 4.25. The minimum absolute atomic E-state index is 0.0878. The Kier molecular flexibility index (Phi) is 5.92. The maximum Gasteiger partial charge on any atom is 0.311 e. The fraction of sp³-hybridized carbons (Fsp3) is 0.368. The Morgan fingerprint density at radius 1 is 1.27 bits per heavy atom.